The number of nitrogens with two attached hydrogens (primary N) is 1. The molecule has 1 fully saturated rings. The Labute approximate surface area is 165 Å². The molecule has 1 aliphatic heterocycles. The van der Waals surface area contributed by atoms with Crippen LogP contribution in [0.3, 0.4) is 0 Å². The Morgan fingerprint density at radius 3 is 2.44 bits per heavy atom. The minimum Gasteiger partial charge on any atom is -0.368 e. The number of amides is 1. The molecule has 2 heterocycles. The van der Waals surface area contributed by atoms with Crippen LogP contribution in [0.15, 0.2) is 42.6 Å². The maximum Gasteiger partial charge on any atom is 0.221 e. The van der Waals surface area contributed by atoms with Crippen LogP contribution in [-0.2, 0) is 11.3 Å². The average molecular weight is 394 g/mol. The van der Waals surface area contributed by atoms with E-state index < -0.39 is 0 Å². The van der Waals surface area contributed by atoms with Crippen molar-refractivity contribution in [2.24, 2.45) is 5.73 Å². The molecule has 0 radical (unpaired) electrons. The number of nitrogens with one attached hydrogen (secondary N) is 1. The van der Waals surface area contributed by atoms with Gasteiger partial charge in [0.1, 0.15) is 11.6 Å². The third-order valence-corrected chi connectivity index (χ3v) is 4.47. The summed E-state index contributed by atoms with van der Waals surface area (Å²) in [5.74, 6) is 0.653. The van der Waals surface area contributed by atoms with Gasteiger partial charge in [-0.25, -0.2) is 9.37 Å². The molecule has 1 aromatic carbocycles. The van der Waals surface area contributed by atoms with Crippen molar-refractivity contribution in [2.75, 3.05) is 42.5 Å². The number of hydrogen-bond acceptors (Lipinski definition) is 5. The van der Waals surface area contributed by atoms with Crippen molar-refractivity contribution in [3.05, 3.63) is 54.0 Å². The summed E-state index contributed by atoms with van der Waals surface area (Å²) in [6.07, 6.45) is 2.11. The number of hydrogen-bond donors (Lipinski definition) is 2. The van der Waals surface area contributed by atoms with Gasteiger partial charge in [0.15, 0.2) is 0 Å². The monoisotopic (exact) mass is 393 g/mol. The van der Waals surface area contributed by atoms with Gasteiger partial charge in [0, 0.05) is 57.6 Å². The number of carbonyl (C=O) groups is 1. The lowest BCUT2D eigenvalue weighted by Crippen LogP contribution is -2.46. The maximum atomic E-state index is 13.1. The zero-order valence-electron chi connectivity index (χ0n) is 15.1. The highest BCUT2D eigenvalue weighted by Gasteiger charge is 2.18. The molecule has 0 aliphatic carbocycles. The first-order valence-electron chi connectivity index (χ1n) is 8.83. The summed E-state index contributed by atoms with van der Waals surface area (Å²) in [5.41, 5.74) is 7.43. The average Bonchev–Trinajstić information content (AvgIpc) is 2.68. The standard InChI is InChI=1S/C19H24FN5O.ClH/c20-16-1-3-17(4-2-16)24-9-11-25(12-10-24)18-13-15(6-8-22-18)14-23-19(26)5-7-21;/h1-4,6,8,13H,5,7,9-12,14,21H2,(H,23,26);1H. The Hall–Kier alpha value is -2.38. The van der Waals surface area contributed by atoms with Crippen LogP contribution in [0.25, 0.3) is 0 Å². The van der Waals surface area contributed by atoms with Crippen molar-refractivity contribution >= 4 is 29.8 Å². The number of nitrogens with zero attached hydrogens (tertiary/aromatic N) is 3. The van der Waals surface area contributed by atoms with E-state index in [9.17, 15) is 9.18 Å². The highest BCUT2D eigenvalue weighted by molar-refractivity contribution is 5.85. The van der Waals surface area contributed by atoms with Crippen molar-refractivity contribution < 1.29 is 9.18 Å². The molecule has 0 unspecified atom stereocenters. The van der Waals surface area contributed by atoms with E-state index in [1.807, 2.05) is 24.3 Å². The highest BCUT2D eigenvalue weighted by Crippen LogP contribution is 2.20. The molecule has 3 rings (SSSR count). The first kappa shape index (κ1) is 20.9. The number of anilines is 2. The number of piperazine rings is 1. The molecular formula is C19H25ClFN5O. The molecule has 8 heteroatoms. The van der Waals surface area contributed by atoms with E-state index in [4.69, 9.17) is 5.73 Å². The summed E-state index contributed by atoms with van der Waals surface area (Å²) in [6, 6.07) is 10.5. The van der Waals surface area contributed by atoms with Gasteiger partial charge in [-0.15, -0.1) is 12.4 Å². The molecule has 0 saturated carbocycles. The molecule has 146 valence electrons. The molecule has 0 atom stereocenters. The van der Waals surface area contributed by atoms with Gasteiger partial charge >= 0.3 is 0 Å². The zero-order valence-corrected chi connectivity index (χ0v) is 15.9. The molecule has 1 aliphatic rings. The summed E-state index contributed by atoms with van der Waals surface area (Å²) in [7, 11) is 0. The van der Waals surface area contributed by atoms with Crippen molar-refractivity contribution in [3.8, 4) is 0 Å². The smallest absolute Gasteiger partial charge is 0.221 e. The largest absolute Gasteiger partial charge is 0.368 e. The van der Waals surface area contributed by atoms with Crippen LogP contribution < -0.4 is 20.9 Å². The van der Waals surface area contributed by atoms with E-state index in [2.05, 4.69) is 20.1 Å². The van der Waals surface area contributed by atoms with Gasteiger partial charge in [-0.1, -0.05) is 0 Å². The predicted molar refractivity (Wildman–Crippen MR) is 108 cm³/mol. The fourth-order valence-electron chi connectivity index (χ4n) is 3.01. The first-order valence-corrected chi connectivity index (χ1v) is 8.83. The molecule has 0 bridgehead atoms. The molecule has 1 saturated heterocycles. The number of rotatable bonds is 6. The van der Waals surface area contributed by atoms with Crippen molar-refractivity contribution in [2.45, 2.75) is 13.0 Å². The number of halogens is 2. The van der Waals surface area contributed by atoms with Crippen LogP contribution in [0.5, 0.6) is 0 Å². The van der Waals surface area contributed by atoms with Gasteiger partial charge in [0.2, 0.25) is 5.91 Å². The number of aromatic nitrogens is 1. The zero-order chi connectivity index (χ0) is 18.4. The second-order valence-corrected chi connectivity index (χ2v) is 6.29. The molecule has 6 nitrogen and oxygen atoms in total. The van der Waals surface area contributed by atoms with Gasteiger partial charge in [-0.2, -0.15) is 0 Å². The van der Waals surface area contributed by atoms with Crippen LogP contribution >= 0.6 is 12.4 Å². The van der Waals surface area contributed by atoms with Crippen molar-refractivity contribution in [3.63, 3.8) is 0 Å². The summed E-state index contributed by atoms with van der Waals surface area (Å²) >= 11 is 0. The van der Waals surface area contributed by atoms with E-state index in [1.54, 1.807) is 6.20 Å². The maximum absolute atomic E-state index is 13.1. The lowest BCUT2D eigenvalue weighted by molar-refractivity contribution is -0.121. The Morgan fingerprint density at radius 1 is 1.11 bits per heavy atom. The molecular weight excluding hydrogens is 369 g/mol. The normalized spacial score (nSPS) is 13.9. The SMILES string of the molecule is Cl.NCCC(=O)NCc1ccnc(N2CCN(c3ccc(F)cc3)CC2)c1. The van der Waals surface area contributed by atoms with Crippen LogP contribution in [0, 0.1) is 5.82 Å². The number of benzene rings is 1. The van der Waals surface area contributed by atoms with E-state index in [-0.39, 0.29) is 24.1 Å². The van der Waals surface area contributed by atoms with Crippen molar-refractivity contribution in [1.29, 1.82) is 0 Å². The van der Waals surface area contributed by atoms with E-state index >= 15 is 0 Å². The molecule has 2 aromatic rings. The summed E-state index contributed by atoms with van der Waals surface area (Å²) in [6.45, 7) is 4.21. The Morgan fingerprint density at radius 2 is 1.78 bits per heavy atom. The third kappa shape index (κ3) is 5.80. The van der Waals surface area contributed by atoms with Gasteiger partial charge in [-0.3, -0.25) is 4.79 Å². The lowest BCUT2D eigenvalue weighted by atomic mass is 10.2. The number of carbonyl (C=O) groups excluding carboxylic acids is 1. The molecule has 3 N–H and O–H groups in total. The topological polar surface area (TPSA) is 74.5 Å². The van der Waals surface area contributed by atoms with Gasteiger partial charge in [0.25, 0.3) is 0 Å². The fourth-order valence-corrected chi connectivity index (χ4v) is 3.01. The van der Waals surface area contributed by atoms with Crippen LogP contribution in [-0.4, -0.2) is 43.6 Å². The minimum atomic E-state index is -0.216. The van der Waals surface area contributed by atoms with Crippen molar-refractivity contribution in [1.82, 2.24) is 10.3 Å². The lowest BCUT2D eigenvalue weighted by Gasteiger charge is -2.36. The number of pyridine rings is 1. The highest BCUT2D eigenvalue weighted by atomic mass is 35.5. The summed E-state index contributed by atoms with van der Waals surface area (Å²) in [4.78, 5) is 20.5. The van der Waals surface area contributed by atoms with E-state index in [0.717, 1.165) is 43.2 Å². The molecule has 0 spiro atoms. The van der Waals surface area contributed by atoms with Crippen LogP contribution in [0.1, 0.15) is 12.0 Å². The molecule has 1 aromatic heterocycles. The third-order valence-electron chi connectivity index (χ3n) is 4.47. The molecule has 1 amide bonds. The van der Waals surface area contributed by atoms with Crippen LogP contribution in [0.2, 0.25) is 0 Å². The fraction of sp³-hybridized carbons (Fsp3) is 0.368. The van der Waals surface area contributed by atoms with E-state index in [0.29, 0.717) is 19.5 Å². The Balaban J connectivity index is 0.00000261. The summed E-state index contributed by atoms with van der Waals surface area (Å²) in [5, 5.41) is 2.86. The summed E-state index contributed by atoms with van der Waals surface area (Å²) < 4.78 is 13.1. The Bertz CT molecular complexity index is 735. The first-order chi connectivity index (χ1) is 12.7. The van der Waals surface area contributed by atoms with Gasteiger partial charge < -0.3 is 20.9 Å². The van der Waals surface area contributed by atoms with Gasteiger partial charge in [-0.05, 0) is 42.0 Å². The molecule has 27 heavy (non-hydrogen) atoms. The van der Waals surface area contributed by atoms with Gasteiger partial charge in [0.05, 0.1) is 0 Å². The quantitative estimate of drug-likeness (QED) is 0.784. The predicted octanol–water partition coefficient (Wildman–Crippen LogP) is 1.93. The second kappa shape index (κ2) is 10.1. The minimum absolute atomic E-state index is 0. The van der Waals surface area contributed by atoms with E-state index in [1.165, 1.54) is 12.1 Å². The van der Waals surface area contributed by atoms with Crippen LogP contribution in [0.4, 0.5) is 15.9 Å². The Kier molecular flexibility index (Phi) is 7.82. The second-order valence-electron chi connectivity index (χ2n) is 6.29.